The molecule has 1 heterocycles. The number of rotatable bonds is 21. The van der Waals surface area contributed by atoms with Gasteiger partial charge in [0, 0.05) is 49.1 Å². The van der Waals surface area contributed by atoms with Crippen LogP contribution in [0.3, 0.4) is 0 Å². The number of hydrogen-bond donors (Lipinski definition) is 1. The number of aromatic nitrogens is 1. The van der Waals surface area contributed by atoms with Crippen LogP contribution in [0.4, 0.5) is 11.4 Å². The number of carboxylic acid groups (broad SMARTS) is 1. The van der Waals surface area contributed by atoms with Crippen LogP contribution in [0.5, 0.6) is 0 Å². The zero-order valence-electron chi connectivity index (χ0n) is 32.2. The number of aryl methyl sites for hydroxylation is 1. The lowest BCUT2D eigenvalue weighted by Crippen LogP contribution is -2.18. The van der Waals surface area contributed by atoms with E-state index in [-0.39, 0.29) is 12.1 Å². The van der Waals surface area contributed by atoms with Crippen molar-refractivity contribution < 1.29 is 23.8 Å². The number of fused-ring (bicyclic) bond motifs is 4. The van der Waals surface area contributed by atoms with E-state index in [0.29, 0.717) is 35.4 Å². The molecule has 0 unspecified atom stereocenters. The summed E-state index contributed by atoms with van der Waals surface area (Å²) in [6, 6.07) is 21.4. The third kappa shape index (κ3) is 11.1. The second-order valence-corrected chi connectivity index (χ2v) is 14.5. The highest BCUT2D eigenvalue weighted by Crippen LogP contribution is 2.32. The number of unbranched alkanes of at least 4 members (excludes halogenated alkanes) is 9. The van der Waals surface area contributed by atoms with E-state index in [4.69, 9.17) is 19.1 Å². The van der Waals surface area contributed by atoms with Gasteiger partial charge in [0.05, 0.1) is 16.6 Å². The van der Waals surface area contributed by atoms with Crippen molar-refractivity contribution >= 4 is 45.2 Å². The van der Waals surface area contributed by atoms with Gasteiger partial charge in [-0.2, -0.15) is 0 Å². The first kappa shape index (κ1) is 39.5. The summed E-state index contributed by atoms with van der Waals surface area (Å²) in [5, 5.41) is 12.6. The molecule has 282 valence electrons. The number of hydrogen-bond acceptors (Lipinski definition) is 7. The van der Waals surface area contributed by atoms with Gasteiger partial charge < -0.3 is 19.2 Å². The van der Waals surface area contributed by atoms with E-state index < -0.39 is 5.97 Å². The average Bonchev–Trinajstić information content (AvgIpc) is 3.15. The lowest BCUT2D eigenvalue weighted by Gasteiger charge is -2.17. The lowest BCUT2D eigenvalue weighted by molar-refractivity contribution is -0.150. The molecule has 0 bridgehead atoms. The molecule has 0 fully saturated rings. The largest absolute Gasteiger partial charge is 0.478 e. The molecule has 2 aliphatic rings. The number of esters is 1. The Hall–Kier alpha value is -4.72. The molecular formula is C45H57N3O5. The average molecular weight is 720 g/mol. The van der Waals surface area contributed by atoms with Gasteiger partial charge in [-0.05, 0) is 68.0 Å². The SMILES string of the molecule is CCCCC(CCCC)OC(=O)CCCCCCCCCCc1cc(/N=c2/cc3oc4cc(N(C)C)ccc4nc-3c3ccccc23)ccc1C(=O)O. The van der Waals surface area contributed by atoms with Crippen LogP contribution in [0, 0.1) is 0 Å². The first-order valence-corrected chi connectivity index (χ1v) is 19.8. The molecule has 0 aromatic heterocycles. The maximum atomic E-state index is 12.4. The minimum absolute atomic E-state index is 0.0363. The van der Waals surface area contributed by atoms with Gasteiger partial charge in [0.25, 0.3) is 0 Å². The number of anilines is 1. The Morgan fingerprint density at radius 3 is 2.17 bits per heavy atom. The number of carboxylic acids is 1. The Morgan fingerprint density at radius 2 is 1.49 bits per heavy atom. The number of aromatic carboxylic acids is 1. The number of carbonyl (C=O) groups excluding carboxylic acids is 1. The van der Waals surface area contributed by atoms with Gasteiger partial charge in [-0.25, -0.2) is 14.8 Å². The number of ether oxygens (including phenoxy) is 1. The normalized spacial score (nSPS) is 12.0. The molecule has 1 aliphatic heterocycles. The second kappa shape index (κ2) is 19.9. The lowest BCUT2D eigenvalue weighted by atomic mass is 9.99. The zero-order valence-corrected chi connectivity index (χ0v) is 32.2. The van der Waals surface area contributed by atoms with Crippen molar-refractivity contribution in [3.63, 3.8) is 0 Å². The topological polar surface area (TPSA) is 105 Å². The molecule has 0 radical (unpaired) electrons. The maximum Gasteiger partial charge on any atom is 0.335 e. The summed E-state index contributed by atoms with van der Waals surface area (Å²) in [7, 11) is 3.99. The number of carbonyl (C=O) groups is 2. The molecule has 5 rings (SSSR count). The molecule has 0 amide bonds. The first-order valence-electron chi connectivity index (χ1n) is 19.8. The van der Waals surface area contributed by atoms with Gasteiger partial charge >= 0.3 is 11.9 Å². The van der Waals surface area contributed by atoms with Gasteiger partial charge in [0.2, 0.25) is 0 Å². The van der Waals surface area contributed by atoms with Gasteiger partial charge in [-0.15, -0.1) is 0 Å². The molecule has 8 nitrogen and oxygen atoms in total. The Kier molecular flexibility index (Phi) is 14.8. The predicted octanol–water partition coefficient (Wildman–Crippen LogP) is 11.4. The predicted molar refractivity (Wildman–Crippen MR) is 215 cm³/mol. The van der Waals surface area contributed by atoms with E-state index in [9.17, 15) is 14.7 Å². The van der Waals surface area contributed by atoms with Crippen LogP contribution in [0.25, 0.3) is 33.3 Å². The number of benzene rings is 4. The molecule has 3 aromatic carbocycles. The summed E-state index contributed by atoms with van der Waals surface area (Å²) < 4.78 is 12.2. The fourth-order valence-corrected chi connectivity index (χ4v) is 7.02. The Bertz CT molecular complexity index is 1990. The van der Waals surface area contributed by atoms with E-state index in [2.05, 4.69) is 13.8 Å². The summed E-state index contributed by atoms with van der Waals surface area (Å²) in [5.74, 6) is -0.312. The van der Waals surface area contributed by atoms with Crippen molar-refractivity contribution in [3.8, 4) is 11.5 Å². The molecule has 53 heavy (non-hydrogen) atoms. The smallest absolute Gasteiger partial charge is 0.335 e. The first-order chi connectivity index (χ1) is 25.8. The Balaban J connectivity index is 1.17. The molecule has 0 spiro atoms. The fraction of sp³-hybridized carbons (Fsp3) is 0.467. The molecule has 1 aliphatic carbocycles. The van der Waals surface area contributed by atoms with Gasteiger partial charge in [-0.1, -0.05) is 102 Å². The van der Waals surface area contributed by atoms with Crippen LogP contribution >= 0.6 is 0 Å². The van der Waals surface area contributed by atoms with Gasteiger partial charge in [0.15, 0.2) is 11.3 Å². The van der Waals surface area contributed by atoms with Crippen molar-refractivity contribution in [1.29, 1.82) is 0 Å². The summed E-state index contributed by atoms with van der Waals surface area (Å²) in [4.78, 5) is 36.5. The quantitative estimate of drug-likeness (QED) is 0.0348. The molecule has 8 heteroatoms. The van der Waals surface area contributed by atoms with E-state index in [1.807, 2.05) is 73.6 Å². The molecule has 0 saturated heterocycles. The third-order valence-corrected chi connectivity index (χ3v) is 10.1. The van der Waals surface area contributed by atoms with Gasteiger partial charge in [-0.3, -0.25) is 4.79 Å². The molecule has 1 N–H and O–H groups in total. The molecule has 0 saturated carbocycles. The van der Waals surface area contributed by atoms with Crippen molar-refractivity contribution in [3.05, 3.63) is 83.2 Å². The molecule has 3 aromatic rings. The Labute approximate surface area is 314 Å². The minimum atomic E-state index is -0.919. The minimum Gasteiger partial charge on any atom is -0.478 e. The maximum absolute atomic E-state index is 12.4. The van der Waals surface area contributed by atoms with E-state index in [0.717, 1.165) is 128 Å². The van der Waals surface area contributed by atoms with Crippen LogP contribution in [0.2, 0.25) is 0 Å². The van der Waals surface area contributed by atoms with Crippen LogP contribution in [0.15, 0.2) is 76.1 Å². The second-order valence-electron chi connectivity index (χ2n) is 14.5. The zero-order chi connectivity index (χ0) is 37.6. The summed E-state index contributed by atoms with van der Waals surface area (Å²) in [6.07, 6.45) is 16.1. The third-order valence-electron chi connectivity index (χ3n) is 10.1. The summed E-state index contributed by atoms with van der Waals surface area (Å²) in [5.41, 5.74) is 5.13. The van der Waals surface area contributed by atoms with Crippen LogP contribution < -0.4 is 10.3 Å². The fourth-order valence-electron chi connectivity index (χ4n) is 7.02. The summed E-state index contributed by atoms with van der Waals surface area (Å²) in [6.45, 7) is 4.35. The van der Waals surface area contributed by atoms with Crippen LogP contribution in [-0.2, 0) is 16.0 Å². The van der Waals surface area contributed by atoms with Crippen molar-refractivity contribution in [2.45, 2.75) is 123 Å². The molecule has 0 atom stereocenters. The Morgan fingerprint density at radius 1 is 0.811 bits per heavy atom. The van der Waals surface area contributed by atoms with Crippen LogP contribution in [-0.4, -0.2) is 42.2 Å². The van der Waals surface area contributed by atoms with Crippen molar-refractivity contribution in [1.82, 2.24) is 4.98 Å². The van der Waals surface area contributed by atoms with Gasteiger partial charge in [0.1, 0.15) is 17.3 Å². The highest BCUT2D eigenvalue weighted by atomic mass is 16.5. The number of nitrogens with zero attached hydrogens (tertiary/aromatic N) is 3. The van der Waals surface area contributed by atoms with E-state index >= 15 is 0 Å². The van der Waals surface area contributed by atoms with E-state index in [1.54, 1.807) is 12.1 Å². The summed E-state index contributed by atoms with van der Waals surface area (Å²) >= 11 is 0. The van der Waals surface area contributed by atoms with E-state index in [1.165, 1.54) is 0 Å². The van der Waals surface area contributed by atoms with Crippen LogP contribution in [0.1, 0.15) is 126 Å². The standard InChI is InChI=1S/C45H57N3O5/c1-5-7-20-35(21-8-6-2)52-43(49)24-16-14-12-10-9-11-13-15-19-32-29-33(25-27-36(32)45(50)51)46-40-31-42-44(38-23-18-17-22-37(38)40)47-39-28-26-34(48(3)4)30-41(39)53-42/h17-18,22-23,25-31,35H,5-16,19-21,24H2,1-4H3,(H,50,51)/b46-40-. The monoisotopic (exact) mass is 719 g/mol. The van der Waals surface area contributed by atoms with Crippen molar-refractivity contribution in [2.75, 3.05) is 19.0 Å². The molecular weight excluding hydrogens is 663 g/mol. The highest BCUT2D eigenvalue weighted by molar-refractivity contribution is 5.96. The highest BCUT2D eigenvalue weighted by Gasteiger charge is 2.17. The van der Waals surface area contributed by atoms with Crippen molar-refractivity contribution in [2.24, 2.45) is 4.99 Å².